The number of aromatic amines is 1. The summed E-state index contributed by atoms with van der Waals surface area (Å²) < 4.78 is 56.0. The number of hydrogen-bond donors (Lipinski definition) is 2. The van der Waals surface area contributed by atoms with Gasteiger partial charge in [-0.2, -0.15) is 0 Å². The number of hydrogen-bond acceptors (Lipinski definition) is 5. The molecule has 3 aromatic rings. The molecule has 3 heterocycles. The molecule has 1 aliphatic heterocycles. The number of alkyl halides is 3. The van der Waals surface area contributed by atoms with Crippen LogP contribution in [0.15, 0.2) is 35.6 Å². The Kier molecular flexibility index (Phi) is 5.86. The molecular weight excluding hydrogens is 468 g/mol. The number of aromatic nitrogens is 2. The maximum Gasteiger partial charge on any atom is 0.573 e. The van der Waals surface area contributed by atoms with Crippen molar-refractivity contribution in [3.63, 3.8) is 0 Å². The number of oxime groups is 1. The molecule has 35 heavy (non-hydrogen) atoms. The predicted molar refractivity (Wildman–Crippen MR) is 118 cm³/mol. The number of nitrogens with one attached hydrogen (secondary N) is 1. The Hall–Kier alpha value is -3.63. The van der Waals surface area contributed by atoms with Gasteiger partial charge in [-0.05, 0) is 61.4 Å². The van der Waals surface area contributed by atoms with Gasteiger partial charge in [-0.1, -0.05) is 5.16 Å². The highest BCUT2D eigenvalue weighted by Gasteiger charge is 2.32. The van der Waals surface area contributed by atoms with Crippen LogP contribution in [0.2, 0.25) is 0 Å². The Balaban J connectivity index is 1.33. The van der Waals surface area contributed by atoms with E-state index >= 15 is 4.39 Å². The van der Waals surface area contributed by atoms with E-state index < -0.39 is 17.9 Å². The van der Waals surface area contributed by atoms with Crippen LogP contribution in [-0.4, -0.2) is 51.1 Å². The van der Waals surface area contributed by atoms with E-state index in [-0.39, 0.29) is 17.4 Å². The number of rotatable bonds is 3. The number of benzene rings is 1. The SMILES string of the molecule is O=C(c1ccc(OC(F)(F)F)cc1)N1CCC(c2c(F)cnc3[nH]c4c(c23)C/C(=N\O)CC4)CC1. The Labute approximate surface area is 197 Å². The number of aryl methyl sites for hydroxylation is 1. The Bertz CT molecular complexity index is 1290. The zero-order valence-electron chi connectivity index (χ0n) is 18.5. The quantitative estimate of drug-likeness (QED) is 0.309. The van der Waals surface area contributed by atoms with E-state index in [1.807, 2.05) is 0 Å². The number of fused-ring (bicyclic) bond motifs is 3. The Morgan fingerprint density at radius 3 is 2.54 bits per heavy atom. The Morgan fingerprint density at radius 2 is 1.89 bits per heavy atom. The number of pyridine rings is 1. The van der Waals surface area contributed by atoms with Gasteiger partial charge in [0.05, 0.1) is 11.9 Å². The van der Waals surface area contributed by atoms with Crippen molar-refractivity contribution >= 4 is 22.7 Å². The van der Waals surface area contributed by atoms with Gasteiger partial charge < -0.3 is 19.8 Å². The molecule has 5 rings (SSSR count). The molecule has 11 heteroatoms. The number of nitrogens with zero attached hydrogens (tertiary/aromatic N) is 3. The van der Waals surface area contributed by atoms with Gasteiger partial charge in [-0.25, -0.2) is 9.37 Å². The monoisotopic (exact) mass is 490 g/mol. The fourth-order valence-corrected chi connectivity index (χ4v) is 5.08. The first-order valence-electron chi connectivity index (χ1n) is 11.3. The molecule has 0 spiro atoms. The smallest absolute Gasteiger partial charge is 0.411 e. The number of likely N-dealkylation sites (tertiary alicyclic amines) is 1. The van der Waals surface area contributed by atoms with Gasteiger partial charge in [0.1, 0.15) is 17.2 Å². The summed E-state index contributed by atoms with van der Waals surface area (Å²) >= 11 is 0. The lowest BCUT2D eigenvalue weighted by atomic mass is 9.84. The van der Waals surface area contributed by atoms with Crippen molar-refractivity contribution in [1.82, 2.24) is 14.9 Å². The van der Waals surface area contributed by atoms with E-state index in [0.29, 0.717) is 62.1 Å². The van der Waals surface area contributed by atoms with Crippen molar-refractivity contribution in [2.24, 2.45) is 5.16 Å². The van der Waals surface area contributed by atoms with Gasteiger partial charge in [0.25, 0.3) is 5.91 Å². The second kappa shape index (κ2) is 8.86. The van der Waals surface area contributed by atoms with Gasteiger partial charge in [0.15, 0.2) is 0 Å². The van der Waals surface area contributed by atoms with Crippen LogP contribution in [0.1, 0.15) is 52.4 Å². The van der Waals surface area contributed by atoms with Crippen LogP contribution >= 0.6 is 0 Å². The summed E-state index contributed by atoms with van der Waals surface area (Å²) in [5, 5.41) is 13.3. The van der Waals surface area contributed by atoms with E-state index in [9.17, 15) is 23.2 Å². The zero-order chi connectivity index (χ0) is 24.7. The fraction of sp³-hybridized carbons (Fsp3) is 0.375. The average molecular weight is 490 g/mol. The second-order valence-electron chi connectivity index (χ2n) is 8.81. The minimum Gasteiger partial charge on any atom is -0.411 e. The summed E-state index contributed by atoms with van der Waals surface area (Å²) in [7, 11) is 0. The second-order valence-corrected chi connectivity index (χ2v) is 8.81. The molecule has 2 aliphatic rings. The van der Waals surface area contributed by atoms with Crippen molar-refractivity contribution in [3.8, 4) is 5.75 Å². The van der Waals surface area contributed by atoms with Gasteiger partial charge >= 0.3 is 6.36 Å². The molecular formula is C24H22F4N4O3. The number of ether oxygens (including phenoxy) is 1. The van der Waals surface area contributed by atoms with Gasteiger partial charge in [0.2, 0.25) is 0 Å². The number of piperidine rings is 1. The van der Waals surface area contributed by atoms with Crippen molar-refractivity contribution in [2.75, 3.05) is 13.1 Å². The van der Waals surface area contributed by atoms with Crippen LogP contribution in [-0.2, 0) is 12.8 Å². The molecule has 0 bridgehead atoms. The summed E-state index contributed by atoms with van der Waals surface area (Å²) in [6, 6.07) is 4.81. The first-order valence-corrected chi connectivity index (χ1v) is 11.3. The first-order chi connectivity index (χ1) is 16.7. The lowest BCUT2D eigenvalue weighted by Gasteiger charge is -2.33. The third kappa shape index (κ3) is 4.54. The van der Waals surface area contributed by atoms with Crippen molar-refractivity contribution in [2.45, 2.75) is 44.4 Å². The topological polar surface area (TPSA) is 90.8 Å². The fourth-order valence-electron chi connectivity index (χ4n) is 5.08. The summed E-state index contributed by atoms with van der Waals surface area (Å²) in [6.07, 6.45) is -0.829. The summed E-state index contributed by atoms with van der Waals surface area (Å²) in [5.74, 6) is -1.24. The standard InChI is InChI=1S/C24H22F4N4O3/c25-18-12-29-22-21(17-11-15(31-34)3-6-19(17)30-22)20(18)13-7-9-32(10-8-13)23(33)14-1-4-16(5-2-14)35-24(26,27)28/h1-2,4-5,12-13,34H,3,6-11H2,(H,29,30)/b31-15-. The number of carbonyl (C=O) groups excluding carboxylic acids is 1. The van der Waals surface area contributed by atoms with Crippen LogP contribution < -0.4 is 4.74 Å². The maximum absolute atomic E-state index is 15.1. The van der Waals surface area contributed by atoms with Crippen molar-refractivity contribution in [3.05, 3.63) is 58.7 Å². The third-order valence-electron chi connectivity index (χ3n) is 6.72. The number of H-pyrrole nitrogens is 1. The number of carbonyl (C=O) groups is 1. The molecule has 1 aromatic carbocycles. The lowest BCUT2D eigenvalue weighted by molar-refractivity contribution is -0.274. The van der Waals surface area contributed by atoms with Gasteiger partial charge in [-0.3, -0.25) is 4.79 Å². The van der Waals surface area contributed by atoms with Gasteiger partial charge in [0, 0.05) is 41.7 Å². The molecule has 0 atom stereocenters. The first kappa shape index (κ1) is 23.1. The molecule has 1 saturated heterocycles. The highest BCUT2D eigenvalue weighted by atomic mass is 19.4. The Morgan fingerprint density at radius 1 is 1.17 bits per heavy atom. The summed E-state index contributed by atoms with van der Waals surface area (Å²) in [4.78, 5) is 22.0. The van der Waals surface area contributed by atoms with Crippen LogP contribution in [0.4, 0.5) is 17.6 Å². The van der Waals surface area contributed by atoms with Crippen LogP contribution in [0, 0.1) is 5.82 Å². The normalized spacial score (nSPS) is 18.2. The zero-order valence-corrected chi connectivity index (χ0v) is 18.5. The van der Waals surface area contributed by atoms with Crippen molar-refractivity contribution < 1.29 is 32.3 Å². The van der Waals surface area contributed by atoms with E-state index in [0.717, 1.165) is 28.8 Å². The predicted octanol–water partition coefficient (Wildman–Crippen LogP) is 4.94. The molecule has 0 radical (unpaired) electrons. The molecule has 1 fully saturated rings. The largest absolute Gasteiger partial charge is 0.573 e. The molecule has 1 aliphatic carbocycles. The number of amides is 1. The molecule has 1 amide bonds. The molecule has 2 aromatic heterocycles. The highest BCUT2D eigenvalue weighted by molar-refractivity contribution is 5.96. The summed E-state index contributed by atoms with van der Waals surface area (Å²) in [5.41, 5.74) is 3.93. The molecule has 184 valence electrons. The number of halogens is 4. The minimum atomic E-state index is -4.80. The van der Waals surface area contributed by atoms with E-state index in [2.05, 4.69) is 19.9 Å². The molecule has 0 saturated carbocycles. The van der Waals surface area contributed by atoms with E-state index in [1.165, 1.54) is 18.3 Å². The maximum atomic E-state index is 15.1. The van der Waals surface area contributed by atoms with E-state index in [1.54, 1.807) is 4.90 Å². The third-order valence-corrected chi connectivity index (χ3v) is 6.72. The molecule has 7 nitrogen and oxygen atoms in total. The van der Waals surface area contributed by atoms with Crippen molar-refractivity contribution in [1.29, 1.82) is 0 Å². The van der Waals surface area contributed by atoms with Crippen LogP contribution in [0.3, 0.4) is 0 Å². The van der Waals surface area contributed by atoms with Gasteiger partial charge in [-0.15, -0.1) is 13.2 Å². The van der Waals surface area contributed by atoms with Crippen LogP contribution in [0.25, 0.3) is 11.0 Å². The van der Waals surface area contributed by atoms with E-state index in [4.69, 9.17) is 0 Å². The minimum absolute atomic E-state index is 0.136. The lowest BCUT2D eigenvalue weighted by Crippen LogP contribution is -2.38. The van der Waals surface area contributed by atoms with Crippen LogP contribution in [0.5, 0.6) is 5.75 Å². The highest BCUT2D eigenvalue weighted by Crippen LogP contribution is 2.39. The molecule has 2 N–H and O–H groups in total. The average Bonchev–Trinajstić information content (AvgIpc) is 3.21. The summed E-state index contributed by atoms with van der Waals surface area (Å²) in [6.45, 7) is 0.757. The molecule has 0 unspecified atom stereocenters.